The standard InChI is InChI=1S/C14H20BrN3O/c1-7(2)12-11(15)14(16-3)18-13(17-12)9-6-8-4-5-10(9)19-8/h7-10H,4-6H2,1-3H3,(H,16,17,18). The van der Waals surface area contributed by atoms with Crippen molar-refractivity contribution < 1.29 is 4.74 Å². The molecule has 3 heterocycles. The van der Waals surface area contributed by atoms with Crippen LogP contribution in [0.25, 0.3) is 0 Å². The van der Waals surface area contributed by atoms with Gasteiger partial charge in [-0.3, -0.25) is 0 Å². The molecule has 2 bridgehead atoms. The van der Waals surface area contributed by atoms with Crippen LogP contribution in [0.2, 0.25) is 0 Å². The fourth-order valence-electron chi connectivity index (χ4n) is 3.11. The van der Waals surface area contributed by atoms with E-state index in [2.05, 4.69) is 40.1 Å². The zero-order chi connectivity index (χ0) is 13.6. The molecule has 2 aliphatic heterocycles. The lowest BCUT2D eigenvalue weighted by Crippen LogP contribution is -2.19. The molecule has 2 aliphatic rings. The van der Waals surface area contributed by atoms with Crippen LogP contribution in [0.4, 0.5) is 5.82 Å². The third-order valence-corrected chi connectivity index (χ3v) is 4.90. The quantitative estimate of drug-likeness (QED) is 0.924. The van der Waals surface area contributed by atoms with Crippen molar-refractivity contribution in [1.82, 2.24) is 9.97 Å². The van der Waals surface area contributed by atoms with Crippen molar-refractivity contribution in [3.8, 4) is 0 Å². The third kappa shape index (κ3) is 2.27. The van der Waals surface area contributed by atoms with Crippen LogP contribution in [0.3, 0.4) is 0 Å². The Labute approximate surface area is 122 Å². The Morgan fingerprint density at radius 3 is 2.63 bits per heavy atom. The molecule has 0 radical (unpaired) electrons. The Morgan fingerprint density at radius 2 is 2.11 bits per heavy atom. The minimum absolute atomic E-state index is 0.330. The van der Waals surface area contributed by atoms with Crippen LogP contribution >= 0.6 is 15.9 Å². The van der Waals surface area contributed by atoms with E-state index in [9.17, 15) is 0 Å². The van der Waals surface area contributed by atoms with Gasteiger partial charge in [-0.25, -0.2) is 9.97 Å². The molecule has 3 atom stereocenters. The molecule has 5 heteroatoms. The van der Waals surface area contributed by atoms with Crippen LogP contribution < -0.4 is 5.32 Å². The van der Waals surface area contributed by atoms with Gasteiger partial charge >= 0.3 is 0 Å². The molecule has 4 nitrogen and oxygen atoms in total. The van der Waals surface area contributed by atoms with Gasteiger partial charge in [0.25, 0.3) is 0 Å². The molecule has 2 fully saturated rings. The van der Waals surface area contributed by atoms with E-state index < -0.39 is 0 Å². The predicted octanol–water partition coefficient (Wildman–Crippen LogP) is 3.44. The summed E-state index contributed by atoms with van der Waals surface area (Å²) in [6, 6.07) is 0. The summed E-state index contributed by atoms with van der Waals surface area (Å²) in [7, 11) is 1.90. The van der Waals surface area contributed by atoms with Gasteiger partial charge < -0.3 is 10.1 Å². The average molecular weight is 326 g/mol. The van der Waals surface area contributed by atoms with Crippen LogP contribution in [0.15, 0.2) is 4.47 Å². The third-order valence-electron chi connectivity index (χ3n) is 4.12. The first kappa shape index (κ1) is 13.3. The summed E-state index contributed by atoms with van der Waals surface area (Å²) in [6.07, 6.45) is 4.19. The summed E-state index contributed by atoms with van der Waals surface area (Å²) >= 11 is 3.61. The van der Waals surface area contributed by atoms with E-state index in [4.69, 9.17) is 9.72 Å². The van der Waals surface area contributed by atoms with Gasteiger partial charge in [-0.05, 0) is 41.1 Å². The van der Waals surface area contributed by atoms with Crippen LogP contribution in [0.5, 0.6) is 0 Å². The molecular weight excluding hydrogens is 306 g/mol. The Morgan fingerprint density at radius 1 is 1.32 bits per heavy atom. The van der Waals surface area contributed by atoms with Gasteiger partial charge in [-0.1, -0.05) is 13.8 Å². The number of aromatic nitrogens is 2. The second-order valence-corrected chi connectivity index (χ2v) is 6.54. The maximum atomic E-state index is 5.93. The van der Waals surface area contributed by atoms with E-state index in [1.165, 1.54) is 6.42 Å². The lowest BCUT2D eigenvalue weighted by molar-refractivity contribution is 0.0998. The lowest BCUT2D eigenvalue weighted by atomic mass is 9.88. The molecule has 0 spiro atoms. The number of halogens is 1. The van der Waals surface area contributed by atoms with Crippen molar-refractivity contribution in [3.63, 3.8) is 0 Å². The molecule has 0 amide bonds. The Hall–Kier alpha value is -0.680. The number of ether oxygens (including phenoxy) is 1. The van der Waals surface area contributed by atoms with Crippen LogP contribution in [0.1, 0.15) is 56.5 Å². The van der Waals surface area contributed by atoms with Gasteiger partial charge in [0.2, 0.25) is 0 Å². The zero-order valence-electron chi connectivity index (χ0n) is 11.6. The highest BCUT2D eigenvalue weighted by atomic mass is 79.9. The average Bonchev–Trinajstić information content (AvgIpc) is 3.01. The first-order valence-electron chi connectivity index (χ1n) is 7.00. The van der Waals surface area contributed by atoms with Gasteiger partial charge in [0.15, 0.2) is 0 Å². The Bertz CT molecular complexity index is 492. The first-order chi connectivity index (χ1) is 9.10. The molecule has 3 unspecified atom stereocenters. The number of rotatable bonds is 3. The smallest absolute Gasteiger partial charge is 0.144 e. The predicted molar refractivity (Wildman–Crippen MR) is 78.6 cm³/mol. The van der Waals surface area contributed by atoms with Crippen molar-refractivity contribution in [2.75, 3.05) is 12.4 Å². The number of nitrogens with zero attached hydrogens (tertiary/aromatic N) is 2. The van der Waals surface area contributed by atoms with Gasteiger partial charge in [-0.15, -0.1) is 0 Å². The fourth-order valence-corrected chi connectivity index (χ4v) is 3.94. The molecule has 0 aliphatic carbocycles. The summed E-state index contributed by atoms with van der Waals surface area (Å²) in [4.78, 5) is 9.49. The minimum atomic E-state index is 0.330. The summed E-state index contributed by atoms with van der Waals surface area (Å²) in [5.41, 5.74) is 1.08. The second kappa shape index (κ2) is 5.02. The molecule has 1 aromatic heterocycles. The van der Waals surface area contributed by atoms with Crippen LogP contribution in [-0.4, -0.2) is 29.2 Å². The van der Waals surface area contributed by atoms with Crippen molar-refractivity contribution in [2.45, 2.75) is 57.2 Å². The van der Waals surface area contributed by atoms with E-state index in [0.29, 0.717) is 24.0 Å². The highest BCUT2D eigenvalue weighted by Crippen LogP contribution is 2.44. The molecule has 3 rings (SSSR count). The number of nitrogens with one attached hydrogen (secondary N) is 1. The summed E-state index contributed by atoms with van der Waals surface area (Å²) in [6.45, 7) is 4.32. The molecule has 1 aromatic rings. The van der Waals surface area contributed by atoms with Gasteiger partial charge in [-0.2, -0.15) is 0 Å². The Kier molecular flexibility index (Phi) is 3.52. The number of anilines is 1. The van der Waals surface area contributed by atoms with E-state index in [-0.39, 0.29) is 0 Å². The minimum Gasteiger partial charge on any atom is -0.374 e. The SMILES string of the molecule is CNc1nc(C2CC3CCC2O3)nc(C(C)C)c1Br. The number of hydrogen-bond donors (Lipinski definition) is 1. The Balaban J connectivity index is 1.99. The van der Waals surface area contributed by atoms with E-state index in [1.807, 2.05) is 7.05 Å². The van der Waals surface area contributed by atoms with E-state index in [0.717, 1.165) is 34.7 Å². The van der Waals surface area contributed by atoms with Crippen molar-refractivity contribution in [1.29, 1.82) is 0 Å². The number of fused-ring (bicyclic) bond motifs is 2. The maximum Gasteiger partial charge on any atom is 0.144 e. The molecule has 2 saturated heterocycles. The van der Waals surface area contributed by atoms with Crippen molar-refractivity contribution >= 4 is 21.7 Å². The van der Waals surface area contributed by atoms with E-state index >= 15 is 0 Å². The zero-order valence-corrected chi connectivity index (χ0v) is 13.2. The summed E-state index contributed by atoms with van der Waals surface area (Å²) in [5, 5.41) is 3.16. The summed E-state index contributed by atoms with van der Waals surface area (Å²) < 4.78 is 6.92. The van der Waals surface area contributed by atoms with Crippen LogP contribution in [-0.2, 0) is 4.74 Å². The number of hydrogen-bond acceptors (Lipinski definition) is 4. The largest absolute Gasteiger partial charge is 0.374 e. The maximum absolute atomic E-state index is 5.93. The van der Waals surface area contributed by atoms with Gasteiger partial charge in [0, 0.05) is 13.0 Å². The molecule has 19 heavy (non-hydrogen) atoms. The molecule has 104 valence electrons. The van der Waals surface area contributed by atoms with Crippen LogP contribution in [0, 0.1) is 0 Å². The van der Waals surface area contributed by atoms with Crippen molar-refractivity contribution in [3.05, 3.63) is 16.0 Å². The molecule has 0 aromatic carbocycles. The lowest BCUT2D eigenvalue weighted by Gasteiger charge is -2.20. The second-order valence-electron chi connectivity index (χ2n) is 5.75. The molecule has 0 saturated carbocycles. The topological polar surface area (TPSA) is 47.0 Å². The highest BCUT2D eigenvalue weighted by molar-refractivity contribution is 9.10. The molecular formula is C14H20BrN3O. The monoisotopic (exact) mass is 325 g/mol. The highest BCUT2D eigenvalue weighted by Gasteiger charge is 2.43. The normalized spacial score (nSPS) is 29.2. The van der Waals surface area contributed by atoms with E-state index in [1.54, 1.807) is 0 Å². The molecule has 1 N–H and O–H groups in total. The van der Waals surface area contributed by atoms with Crippen molar-refractivity contribution in [2.24, 2.45) is 0 Å². The van der Waals surface area contributed by atoms with Gasteiger partial charge in [0.1, 0.15) is 11.6 Å². The summed E-state index contributed by atoms with van der Waals surface area (Å²) in [5.74, 6) is 2.58. The fraction of sp³-hybridized carbons (Fsp3) is 0.714. The first-order valence-corrected chi connectivity index (χ1v) is 7.80. The van der Waals surface area contributed by atoms with Gasteiger partial charge in [0.05, 0.1) is 22.4 Å².